The largest absolute Gasteiger partial charge is 0.353 e. The van der Waals surface area contributed by atoms with E-state index < -0.39 is 0 Å². The molecule has 3 aliphatic carbocycles. The van der Waals surface area contributed by atoms with E-state index in [2.05, 4.69) is 44.0 Å². The number of anilines is 1. The minimum absolute atomic E-state index is 0.0177. The molecule has 5 nitrogen and oxygen atoms in total. The summed E-state index contributed by atoms with van der Waals surface area (Å²) in [6.07, 6.45) is 8.61. The molecule has 2 bridgehead atoms. The molecule has 148 valence electrons. The molecule has 0 aromatic heterocycles. The van der Waals surface area contributed by atoms with Gasteiger partial charge < -0.3 is 16.0 Å². The summed E-state index contributed by atoms with van der Waals surface area (Å²) in [4.78, 5) is 26.5. The van der Waals surface area contributed by atoms with Crippen molar-refractivity contribution in [2.45, 2.75) is 31.7 Å². The second-order valence-corrected chi connectivity index (χ2v) is 9.67. The van der Waals surface area contributed by atoms with E-state index >= 15 is 0 Å². The number of nitrogens with one attached hydrogen (secondary N) is 3. The van der Waals surface area contributed by atoms with Crippen LogP contribution in [0, 0.1) is 29.1 Å². The van der Waals surface area contributed by atoms with Crippen LogP contribution in [0.1, 0.15) is 25.7 Å². The molecule has 5 rings (SSSR count). The van der Waals surface area contributed by atoms with E-state index in [4.69, 9.17) is 0 Å². The van der Waals surface area contributed by atoms with Crippen LogP contribution >= 0.6 is 15.9 Å². The number of piperidine rings is 1. The van der Waals surface area contributed by atoms with Gasteiger partial charge in [-0.05, 0) is 80.3 Å². The van der Waals surface area contributed by atoms with Crippen molar-refractivity contribution in [2.75, 3.05) is 18.4 Å². The molecule has 6 heteroatoms. The predicted molar refractivity (Wildman–Crippen MR) is 112 cm³/mol. The summed E-state index contributed by atoms with van der Waals surface area (Å²) in [5.74, 6) is -0.0656. The molecule has 2 amide bonds. The Kier molecular flexibility index (Phi) is 4.59. The SMILES string of the molecule is O=C(NC1CCNCC1)[C@H]1[C@H](C(=O)Nc2ccc(Br)cc2)[C@@H]2C=C[C@H]1C21CC1. The molecule has 0 unspecified atom stereocenters. The van der Waals surface area contributed by atoms with Crippen LogP contribution in [-0.2, 0) is 9.59 Å². The van der Waals surface area contributed by atoms with Gasteiger partial charge in [-0.3, -0.25) is 9.59 Å². The minimum atomic E-state index is -0.275. The van der Waals surface area contributed by atoms with Gasteiger partial charge in [-0.25, -0.2) is 0 Å². The maximum Gasteiger partial charge on any atom is 0.228 e. The lowest BCUT2D eigenvalue weighted by molar-refractivity contribution is -0.133. The van der Waals surface area contributed by atoms with Crippen molar-refractivity contribution in [1.82, 2.24) is 10.6 Å². The topological polar surface area (TPSA) is 70.2 Å². The molecule has 1 aliphatic heterocycles. The maximum atomic E-state index is 13.3. The first-order valence-electron chi connectivity index (χ1n) is 10.3. The van der Waals surface area contributed by atoms with Crippen LogP contribution in [0.5, 0.6) is 0 Å². The number of carbonyl (C=O) groups is 2. The van der Waals surface area contributed by atoms with E-state index in [9.17, 15) is 9.59 Å². The summed E-state index contributed by atoms with van der Waals surface area (Å²) in [6.45, 7) is 1.89. The number of allylic oxidation sites excluding steroid dienone is 2. The first-order chi connectivity index (χ1) is 13.6. The smallest absolute Gasteiger partial charge is 0.228 e. The molecule has 3 N–H and O–H groups in total. The van der Waals surface area contributed by atoms with Crippen molar-refractivity contribution in [1.29, 1.82) is 0 Å². The number of amides is 2. The van der Waals surface area contributed by atoms with Crippen LogP contribution in [0.4, 0.5) is 5.69 Å². The van der Waals surface area contributed by atoms with Gasteiger partial charge in [-0.2, -0.15) is 0 Å². The molecule has 1 heterocycles. The lowest BCUT2D eigenvalue weighted by Gasteiger charge is -2.30. The Labute approximate surface area is 173 Å². The minimum Gasteiger partial charge on any atom is -0.353 e. The molecule has 4 atom stereocenters. The predicted octanol–water partition coefficient (Wildman–Crippen LogP) is 3.08. The van der Waals surface area contributed by atoms with E-state index in [1.54, 1.807) is 0 Å². The Morgan fingerprint density at radius 3 is 2.18 bits per heavy atom. The van der Waals surface area contributed by atoms with Gasteiger partial charge in [0.15, 0.2) is 0 Å². The zero-order chi connectivity index (χ0) is 19.3. The van der Waals surface area contributed by atoms with Crippen LogP contribution in [0.2, 0.25) is 0 Å². The summed E-state index contributed by atoms with van der Waals surface area (Å²) in [6, 6.07) is 7.84. The van der Waals surface area contributed by atoms with Gasteiger partial charge in [0.2, 0.25) is 11.8 Å². The standard InChI is InChI=1S/C22H26BrN3O2/c23-13-1-3-14(4-2-13)25-20(27)18-16-5-6-17(22(16)9-10-22)19(18)21(28)26-15-7-11-24-12-8-15/h1-6,15-19,24H,7-12H2,(H,25,27)(H,26,28)/t16-,17+,18+,19+/m0/s1. The molecule has 1 saturated heterocycles. The van der Waals surface area contributed by atoms with Crippen molar-refractivity contribution >= 4 is 33.4 Å². The highest BCUT2D eigenvalue weighted by atomic mass is 79.9. The quantitative estimate of drug-likeness (QED) is 0.626. The van der Waals surface area contributed by atoms with Gasteiger partial charge in [-0.15, -0.1) is 0 Å². The van der Waals surface area contributed by atoms with Crippen molar-refractivity contribution in [3.8, 4) is 0 Å². The number of hydrogen-bond donors (Lipinski definition) is 3. The van der Waals surface area contributed by atoms with Crippen LogP contribution in [0.15, 0.2) is 40.9 Å². The van der Waals surface area contributed by atoms with Gasteiger partial charge >= 0.3 is 0 Å². The number of carbonyl (C=O) groups excluding carboxylic acids is 2. The fraction of sp³-hybridized carbons (Fsp3) is 0.545. The summed E-state index contributed by atoms with van der Waals surface area (Å²) in [7, 11) is 0. The molecule has 0 radical (unpaired) electrons. The molecule has 28 heavy (non-hydrogen) atoms. The summed E-state index contributed by atoms with van der Waals surface area (Å²) in [5, 5.41) is 9.67. The van der Waals surface area contributed by atoms with Crippen molar-refractivity contribution in [2.24, 2.45) is 29.1 Å². The lowest BCUT2D eigenvalue weighted by atomic mass is 9.81. The maximum absolute atomic E-state index is 13.3. The second-order valence-electron chi connectivity index (χ2n) is 8.75. The Balaban J connectivity index is 1.36. The highest BCUT2D eigenvalue weighted by Crippen LogP contribution is 2.72. The average molecular weight is 444 g/mol. The zero-order valence-corrected chi connectivity index (χ0v) is 17.4. The fourth-order valence-electron chi connectivity index (χ4n) is 5.73. The first kappa shape index (κ1) is 18.4. The number of hydrogen-bond acceptors (Lipinski definition) is 3. The third-order valence-electron chi connectivity index (χ3n) is 7.24. The van der Waals surface area contributed by atoms with Crippen LogP contribution in [-0.4, -0.2) is 30.9 Å². The molecular weight excluding hydrogens is 418 g/mol. The van der Waals surface area contributed by atoms with Crippen molar-refractivity contribution in [3.05, 3.63) is 40.9 Å². The normalized spacial score (nSPS) is 32.5. The van der Waals surface area contributed by atoms with Crippen molar-refractivity contribution in [3.63, 3.8) is 0 Å². The van der Waals surface area contributed by atoms with E-state index in [1.807, 2.05) is 24.3 Å². The number of halogens is 1. The molecule has 1 aromatic carbocycles. The first-order valence-corrected chi connectivity index (χ1v) is 11.1. The van der Waals surface area contributed by atoms with Crippen LogP contribution in [0.3, 0.4) is 0 Å². The highest BCUT2D eigenvalue weighted by molar-refractivity contribution is 9.10. The summed E-state index contributed by atoms with van der Waals surface area (Å²) < 4.78 is 0.976. The van der Waals surface area contributed by atoms with Gasteiger partial charge in [-0.1, -0.05) is 28.1 Å². The second kappa shape index (κ2) is 6.99. The van der Waals surface area contributed by atoms with E-state index in [0.29, 0.717) is 0 Å². The van der Waals surface area contributed by atoms with Gasteiger partial charge in [0.1, 0.15) is 0 Å². The molecule has 1 aromatic rings. The van der Waals surface area contributed by atoms with Gasteiger partial charge in [0.25, 0.3) is 0 Å². The zero-order valence-electron chi connectivity index (χ0n) is 15.8. The summed E-state index contributed by atoms with van der Waals surface area (Å²) in [5.41, 5.74) is 0.944. The Morgan fingerprint density at radius 2 is 1.57 bits per heavy atom. The van der Waals surface area contributed by atoms with Gasteiger partial charge in [0.05, 0.1) is 11.8 Å². The highest BCUT2D eigenvalue weighted by Gasteiger charge is 2.69. The average Bonchev–Trinajstić information content (AvgIpc) is 3.37. The fourth-order valence-corrected chi connectivity index (χ4v) is 6.00. The number of rotatable bonds is 4. The number of benzene rings is 1. The monoisotopic (exact) mass is 443 g/mol. The van der Waals surface area contributed by atoms with Crippen LogP contribution in [0.25, 0.3) is 0 Å². The van der Waals surface area contributed by atoms with Gasteiger partial charge in [0, 0.05) is 16.2 Å². The van der Waals surface area contributed by atoms with E-state index in [0.717, 1.165) is 48.9 Å². The lowest BCUT2D eigenvalue weighted by Crippen LogP contribution is -2.48. The van der Waals surface area contributed by atoms with E-state index in [-0.39, 0.29) is 46.9 Å². The Hall–Kier alpha value is -1.66. The molecule has 1 spiro atoms. The summed E-state index contributed by atoms with van der Waals surface area (Å²) >= 11 is 3.42. The molecular formula is C22H26BrN3O2. The van der Waals surface area contributed by atoms with Crippen LogP contribution < -0.4 is 16.0 Å². The molecule has 3 fully saturated rings. The third kappa shape index (κ3) is 3.01. The Morgan fingerprint density at radius 1 is 0.964 bits per heavy atom. The molecule has 4 aliphatic rings. The van der Waals surface area contributed by atoms with E-state index in [1.165, 1.54) is 0 Å². The third-order valence-corrected chi connectivity index (χ3v) is 7.77. The van der Waals surface area contributed by atoms with Crippen molar-refractivity contribution < 1.29 is 9.59 Å². The Bertz CT molecular complexity index is 812. The molecule has 2 saturated carbocycles.